The summed E-state index contributed by atoms with van der Waals surface area (Å²) in [7, 11) is 1.43. The Hall–Kier alpha value is -0.860. The number of carbonyl (C=O) groups is 1. The molecule has 0 spiro atoms. The van der Waals surface area contributed by atoms with Gasteiger partial charge in [0.15, 0.2) is 0 Å². The predicted octanol–water partition coefficient (Wildman–Crippen LogP) is -0.252. The zero-order valence-corrected chi connectivity index (χ0v) is 10.1. The fourth-order valence-electron chi connectivity index (χ4n) is 1.76. The topological polar surface area (TPSA) is 61.8 Å². The molecule has 0 aromatic rings. The first-order chi connectivity index (χ1) is 8.22. The largest absolute Gasteiger partial charge is 0.411 e. The van der Waals surface area contributed by atoms with Crippen LogP contribution in [0.5, 0.6) is 0 Å². The van der Waals surface area contributed by atoms with Crippen molar-refractivity contribution < 1.29 is 27.8 Å². The van der Waals surface area contributed by atoms with Gasteiger partial charge in [0.25, 0.3) is 0 Å². The van der Waals surface area contributed by atoms with Crippen LogP contribution in [-0.4, -0.2) is 67.6 Å². The molecule has 106 valence electrons. The first-order valence-electron chi connectivity index (χ1n) is 5.53. The van der Waals surface area contributed by atoms with Gasteiger partial charge in [-0.2, -0.15) is 13.2 Å². The Kier molecular flexibility index (Phi) is 4.94. The lowest BCUT2D eigenvalue weighted by molar-refractivity contribution is -0.178. The number of aliphatic hydroxyl groups is 1. The van der Waals surface area contributed by atoms with Gasteiger partial charge in [0.1, 0.15) is 13.2 Å². The zero-order valence-electron chi connectivity index (χ0n) is 10.1. The van der Waals surface area contributed by atoms with Gasteiger partial charge < -0.3 is 20.1 Å². The number of β-amino-alcohol motifs (C(OH)–C–C–N with tert-alkyl or cyclic N) is 1. The lowest BCUT2D eigenvalue weighted by Crippen LogP contribution is -2.46. The SMILES string of the molecule is CN(CC1(O)CCNC1)C(=O)COCC(F)(F)F. The van der Waals surface area contributed by atoms with Gasteiger partial charge in [-0.1, -0.05) is 0 Å². The highest BCUT2D eigenvalue weighted by atomic mass is 19.4. The second kappa shape index (κ2) is 5.85. The van der Waals surface area contributed by atoms with E-state index in [0.717, 1.165) is 0 Å². The third kappa shape index (κ3) is 5.19. The number of amides is 1. The van der Waals surface area contributed by atoms with E-state index in [9.17, 15) is 23.1 Å². The van der Waals surface area contributed by atoms with E-state index in [1.54, 1.807) is 0 Å². The summed E-state index contributed by atoms with van der Waals surface area (Å²) in [5.74, 6) is -0.584. The summed E-state index contributed by atoms with van der Waals surface area (Å²) in [6.07, 6.45) is -3.93. The fourth-order valence-corrected chi connectivity index (χ4v) is 1.76. The van der Waals surface area contributed by atoms with Gasteiger partial charge >= 0.3 is 6.18 Å². The van der Waals surface area contributed by atoms with E-state index in [2.05, 4.69) is 10.1 Å². The van der Waals surface area contributed by atoms with Crippen LogP contribution >= 0.6 is 0 Å². The van der Waals surface area contributed by atoms with E-state index in [4.69, 9.17) is 0 Å². The molecule has 0 aromatic carbocycles. The van der Waals surface area contributed by atoms with Gasteiger partial charge in [-0.05, 0) is 13.0 Å². The van der Waals surface area contributed by atoms with Crippen molar-refractivity contribution in [1.29, 1.82) is 0 Å². The average Bonchev–Trinajstić information content (AvgIpc) is 2.62. The van der Waals surface area contributed by atoms with Crippen LogP contribution in [-0.2, 0) is 9.53 Å². The maximum absolute atomic E-state index is 11.8. The number of nitrogens with zero attached hydrogens (tertiary/aromatic N) is 1. The van der Waals surface area contributed by atoms with Gasteiger partial charge in [0.05, 0.1) is 12.1 Å². The monoisotopic (exact) mass is 270 g/mol. The molecule has 18 heavy (non-hydrogen) atoms. The van der Waals surface area contributed by atoms with Crippen LogP contribution < -0.4 is 5.32 Å². The van der Waals surface area contributed by atoms with Gasteiger partial charge in [0, 0.05) is 13.6 Å². The minimum atomic E-state index is -4.44. The number of rotatable bonds is 5. The summed E-state index contributed by atoms with van der Waals surface area (Å²) in [5.41, 5.74) is -1.01. The van der Waals surface area contributed by atoms with Crippen molar-refractivity contribution in [1.82, 2.24) is 10.2 Å². The maximum atomic E-state index is 11.8. The van der Waals surface area contributed by atoms with Crippen molar-refractivity contribution in [3.63, 3.8) is 0 Å². The van der Waals surface area contributed by atoms with E-state index in [1.165, 1.54) is 11.9 Å². The van der Waals surface area contributed by atoms with Crippen LogP contribution in [0.25, 0.3) is 0 Å². The van der Waals surface area contributed by atoms with Crippen LogP contribution in [0.1, 0.15) is 6.42 Å². The summed E-state index contributed by atoms with van der Waals surface area (Å²) < 4.78 is 39.7. The molecule has 2 N–H and O–H groups in total. The third-order valence-corrected chi connectivity index (χ3v) is 2.67. The summed E-state index contributed by atoms with van der Waals surface area (Å²) in [5, 5.41) is 12.9. The summed E-state index contributed by atoms with van der Waals surface area (Å²) >= 11 is 0. The Morgan fingerprint density at radius 2 is 2.22 bits per heavy atom. The lowest BCUT2D eigenvalue weighted by Gasteiger charge is -2.28. The number of carbonyl (C=O) groups excluding carboxylic acids is 1. The molecule has 0 bridgehead atoms. The van der Waals surface area contributed by atoms with Crippen LogP contribution in [0, 0.1) is 0 Å². The molecule has 0 aromatic heterocycles. The molecule has 5 nitrogen and oxygen atoms in total. The van der Waals surface area contributed by atoms with Crippen LogP contribution in [0.3, 0.4) is 0 Å². The molecule has 0 radical (unpaired) electrons. The Morgan fingerprint density at radius 1 is 1.56 bits per heavy atom. The Morgan fingerprint density at radius 3 is 2.72 bits per heavy atom. The number of likely N-dealkylation sites (N-methyl/N-ethyl adjacent to an activating group) is 1. The fraction of sp³-hybridized carbons (Fsp3) is 0.900. The number of hydrogen-bond donors (Lipinski definition) is 2. The molecule has 0 aliphatic carbocycles. The molecule has 1 saturated heterocycles. The van der Waals surface area contributed by atoms with E-state index in [0.29, 0.717) is 19.5 Å². The first kappa shape index (κ1) is 15.2. The van der Waals surface area contributed by atoms with Gasteiger partial charge in [0.2, 0.25) is 5.91 Å². The molecule has 8 heteroatoms. The van der Waals surface area contributed by atoms with Crippen molar-refractivity contribution in [3.8, 4) is 0 Å². The molecule has 1 fully saturated rings. The zero-order chi connectivity index (χ0) is 13.8. The second-order valence-electron chi connectivity index (χ2n) is 4.51. The normalized spacial score (nSPS) is 24.3. The molecule has 1 amide bonds. The highest BCUT2D eigenvalue weighted by Gasteiger charge is 2.33. The molecular weight excluding hydrogens is 253 g/mol. The minimum absolute atomic E-state index is 0.0776. The van der Waals surface area contributed by atoms with Gasteiger partial charge in [-0.15, -0.1) is 0 Å². The molecule has 1 unspecified atom stereocenters. The maximum Gasteiger partial charge on any atom is 0.411 e. The van der Waals surface area contributed by atoms with Crippen molar-refractivity contribution in [2.45, 2.75) is 18.2 Å². The van der Waals surface area contributed by atoms with Gasteiger partial charge in [-0.3, -0.25) is 4.79 Å². The highest BCUT2D eigenvalue weighted by molar-refractivity contribution is 5.77. The minimum Gasteiger partial charge on any atom is -0.387 e. The molecule has 1 heterocycles. The molecule has 1 aliphatic rings. The molecular formula is C10H17F3N2O3. The summed E-state index contributed by atoms with van der Waals surface area (Å²) in [6.45, 7) is -0.983. The lowest BCUT2D eigenvalue weighted by atomic mass is 10.0. The molecule has 1 atom stereocenters. The Labute approximate surface area is 103 Å². The molecule has 1 rings (SSSR count). The highest BCUT2D eigenvalue weighted by Crippen LogP contribution is 2.16. The smallest absolute Gasteiger partial charge is 0.387 e. The number of hydrogen-bond acceptors (Lipinski definition) is 4. The van der Waals surface area contributed by atoms with Crippen molar-refractivity contribution in [2.75, 3.05) is 39.9 Å². The van der Waals surface area contributed by atoms with E-state index < -0.39 is 30.9 Å². The van der Waals surface area contributed by atoms with Crippen LogP contribution in [0.4, 0.5) is 13.2 Å². The Bertz CT molecular complexity index is 291. The van der Waals surface area contributed by atoms with Gasteiger partial charge in [-0.25, -0.2) is 0 Å². The average molecular weight is 270 g/mol. The van der Waals surface area contributed by atoms with Crippen molar-refractivity contribution in [2.24, 2.45) is 0 Å². The van der Waals surface area contributed by atoms with Crippen LogP contribution in [0.15, 0.2) is 0 Å². The standard InChI is InChI=1S/C10H17F3N2O3/c1-15(6-9(17)2-3-14-5-9)8(16)4-18-7-10(11,12)13/h14,17H,2-7H2,1H3. The first-order valence-corrected chi connectivity index (χ1v) is 5.53. The number of ether oxygens (including phenoxy) is 1. The van der Waals surface area contributed by atoms with E-state index in [1.807, 2.05) is 0 Å². The molecule has 0 saturated carbocycles. The second-order valence-corrected chi connectivity index (χ2v) is 4.51. The number of halogens is 3. The summed E-state index contributed by atoms with van der Waals surface area (Å²) in [6, 6.07) is 0. The predicted molar refractivity (Wildman–Crippen MR) is 56.9 cm³/mol. The number of nitrogens with one attached hydrogen (secondary N) is 1. The van der Waals surface area contributed by atoms with Crippen molar-refractivity contribution >= 4 is 5.91 Å². The van der Waals surface area contributed by atoms with Crippen molar-refractivity contribution in [3.05, 3.63) is 0 Å². The van der Waals surface area contributed by atoms with Crippen LogP contribution in [0.2, 0.25) is 0 Å². The van der Waals surface area contributed by atoms with E-state index >= 15 is 0 Å². The molecule has 1 aliphatic heterocycles. The Balaban J connectivity index is 2.28. The summed E-state index contributed by atoms with van der Waals surface area (Å²) in [4.78, 5) is 12.6. The third-order valence-electron chi connectivity index (χ3n) is 2.67. The number of alkyl halides is 3. The van der Waals surface area contributed by atoms with E-state index in [-0.39, 0.29) is 6.54 Å². The quantitative estimate of drug-likeness (QED) is 0.723.